The van der Waals surface area contributed by atoms with E-state index in [0.29, 0.717) is 19.0 Å². The van der Waals surface area contributed by atoms with Gasteiger partial charge in [0.2, 0.25) is 0 Å². The lowest BCUT2D eigenvalue weighted by Crippen LogP contribution is -2.19. The molecule has 0 unspecified atom stereocenters. The van der Waals surface area contributed by atoms with Crippen molar-refractivity contribution < 1.29 is 5.11 Å². The normalized spacial score (nSPS) is 11.1. The number of aromatic nitrogens is 3. The summed E-state index contributed by atoms with van der Waals surface area (Å²) in [6, 6.07) is 7.18. The van der Waals surface area contributed by atoms with E-state index >= 15 is 0 Å². The minimum absolute atomic E-state index is 0.274. The van der Waals surface area contributed by atoms with Gasteiger partial charge in [-0.2, -0.15) is 5.10 Å². The predicted molar refractivity (Wildman–Crippen MR) is 73.8 cm³/mol. The smallest absolute Gasteiger partial charge is 0.164 e. The molecule has 5 heteroatoms. The molecule has 0 aliphatic carbocycles. The molecule has 2 N–H and O–H groups in total. The zero-order valence-electron chi connectivity index (χ0n) is 11.4. The zero-order valence-corrected chi connectivity index (χ0v) is 11.4. The number of hydrogen-bond acceptors (Lipinski definition) is 4. The molecule has 0 radical (unpaired) electrons. The van der Waals surface area contributed by atoms with E-state index in [1.807, 2.05) is 12.1 Å². The highest BCUT2D eigenvalue weighted by Gasteiger charge is 2.02. The number of hydrogen-bond donors (Lipinski definition) is 2. The molecule has 2 aromatic rings. The lowest BCUT2D eigenvalue weighted by Gasteiger charge is -2.04. The highest BCUT2D eigenvalue weighted by atomic mass is 16.3. The number of phenols is 1. The van der Waals surface area contributed by atoms with Crippen LogP contribution in [0.4, 0.5) is 0 Å². The Morgan fingerprint density at radius 2 is 2.21 bits per heavy atom. The summed E-state index contributed by atoms with van der Waals surface area (Å²) >= 11 is 0. The second kappa shape index (κ2) is 6.33. The van der Waals surface area contributed by atoms with E-state index < -0.39 is 0 Å². The first-order chi connectivity index (χ1) is 9.13. The van der Waals surface area contributed by atoms with E-state index in [0.717, 1.165) is 17.9 Å². The van der Waals surface area contributed by atoms with E-state index in [1.165, 1.54) is 0 Å². The van der Waals surface area contributed by atoms with Crippen LogP contribution >= 0.6 is 0 Å². The molecule has 1 aromatic heterocycles. The molecule has 2 rings (SSSR count). The van der Waals surface area contributed by atoms with Crippen LogP contribution in [0, 0.1) is 5.92 Å². The maximum absolute atomic E-state index is 9.41. The topological polar surface area (TPSA) is 63.0 Å². The predicted octanol–water partition coefficient (Wildman–Crippen LogP) is 1.78. The van der Waals surface area contributed by atoms with Crippen LogP contribution in [-0.2, 0) is 13.1 Å². The van der Waals surface area contributed by atoms with Gasteiger partial charge in [0.15, 0.2) is 5.82 Å². The van der Waals surface area contributed by atoms with Crippen molar-refractivity contribution >= 4 is 0 Å². The molecule has 0 saturated carbocycles. The van der Waals surface area contributed by atoms with E-state index in [9.17, 15) is 5.11 Å². The fraction of sp³-hybridized carbons (Fsp3) is 0.429. The van der Waals surface area contributed by atoms with Gasteiger partial charge in [0, 0.05) is 0 Å². The van der Waals surface area contributed by atoms with Gasteiger partial charge < -0.3 is 10.4 Å². The van der Waals surface area contributed by atoms with E-state index in [1.54, 1.807) is 23.1 Å². The Morgan fingerprint density at radius 1 is 1.37 bits per heavy atom. The highest BCUT2D eigenvalue weighted by molar-refractivity contribution is 5.27. The van der Waals surface area contributed by atoms with Crippen molar-refractivity contribution in [2.45, 2.75) is 26.9 Å². The molecule has 102 valence electrons. The van der Waals surface area contributed by atoms with Crippen molar-refractivity contribution in [1.29, 1.82) is 0 Å². The average Bonchev–Trinajstić information content (AvgIpc) is 2.76. The fourth-order valence-electron chi connectivity index (χ4n) is 1.80. The summed E-state index contributed by atoms with van der Waals surface area (Å²) in [5.41, 5.74) is 1.01. The second-order valence-corrected chi connectivity index (χ2v) is 5.05. The van der Waals surface area contributed by atoms with Crippen LogP contribution in [0.25, 0.3) is 0 Å². The van der Waals surface area contributed by atoms with Crippen molar-refractivity contribution in [3.63, 3.8) is 0 Å². The van der Waals surface area contributed by atoms with Gasteiger partial charge in [0.05, 0.1) is 13.1 Å². The third-order valence-electron chi connectivity index (χ3n) is 2.67. The molecule has 0 saturated heterocycles. The van der Waals surface area contributed by atoms with Crippen LogP contribution in [0.5, 0.6) is 5.75 Å². The number of nitrogens with zero attached hydrogens (tertiary/aromatic N) is 3. The molecule has 1 aromatic carbocycles. The largest absolute Gasteiger partial charge is 0.508 e. The first kappa shape index (κ1) is 13.5. The summed E-state index contributed by atoms with van der Waals surface area (Å²) in [6.07, 6.45) is 1.72. The molecule has 1 heterocycles. The molecule has 0 fully saturated rings. The summed E-state index contributed by atoms with van der Waals surface area (Å²) in [5.74, 6) is 1.69. The first-order valence-corrected chi connectivity index (χ1v) is 6.50. The molecular weight excluding hydrogens is 240 g/mol. The van der Waals surface area contributed by atoms with Gasteiger partial charge in [-0.15, -0.1) is 0 Å². The molecule has 0 aliphatic rings. The van der Waals surface area contributed by atoms with Crippen molar-refractivity contribution in [3.05, 3.63) is 42.0 Å². The van der Waals surface area contributed by atoms with Gasteiger partial charge in [0.1, 0.15) is 12.1 Å². The summed E-state index contributed by atoms with van der Waals surface area (Å²) in [5, 5.41) is 17.1. The minimum Gasteiger partial charge on any atom is -0.508 e. The van der Waals surface area contributed by atoms with Crippen molar-refractivity contribution in [2.75, 3.05) is 6.54 Å². The third kappa shape index (κ3) is 4.37. The van der Waals surface area contributed by atoms with Gasteiger partial charge in [0.25, 0.3) is 0 Å². The maximum atomic E-state index is 9.41. The molecule has 19 heavy (non-hydrogen) atoms. The maximum Gasteiger partial charge on any atom is 0.164 e. The number of phenolic OH excluding ortho intramolecular Hbond substituents is 1. The van der Waals surface area contributed by atoms with Crippen LogP contribution in [0.1, 0.15) is 25.2 Å². The number of aromatic hydroxyl groups is 1. The van der Waals surface area contributed by atoms with E-state index in [-0.39, 0.29) is 5.75 Å². The minimum atomic E-state index is 0.274. The number of rotatable bonds is 6. The Morgan fingerprint density at radius 3 is 2.95 bits per heavy atom. The van der Waals surface area contributed by atoms with Crippen molar-refractivity contribution in [3.8, 4) is 5.75 Å². The third-order valence-corrected chi connectivity index (χ3v) is 2.67. The molecule has 5 nitrogen and oxygen atoms in total. The van der Waals surface area contributed by atoms with Crippen LogP contribution in [-0.4, -0.2) is 26.4 Å². The standard InChI is InChI=1S/C14H20N4O/c1-11(2)7-15-8-14-16-10-18(17-14)9-12-4-3-5-13(19)6-12/h3-6,10-11,15,19H,7-9H2,1-2H3. The quantitative estimate of drug-likeness (QED) is 0.831. The molecule has 0 bridgehead atoms. The molecule has 0 spiro atoms. The zero-order chi connectivity index (χ0) is 13.7. The Kier molecular flexibility index (Phi) is 4.52. The van der Waals surface area contributed by atoms with Gasteiger partial charge in [-0.1, -0.05) is 26.0 Å². The van der Waals surface area contributed by atoms with Crippen LogP contribution in [0.15, 0.2) is 30.6 Å². The number of nitrogens with one attached hydrogen (secondary N) is 1. The van der Waals surface area contributed by atoms with Gasteiger partial charge in [-0.05, 0) is 30.2 Å². The Hall–Kier alpha value is -1.88. The van der Waals surface area contributed by atoms with E-state index in [2.05, 4.69) is 29.2 Å². The molecule has 0 atom stereocenters. The Labute approximate surface area is 113 Å². The summed E-state index contributed by atoms with van der Waals surface area (Å²) in [7, 11) is 0. The lowest BCUT2D eigenvalue weighted by molar-refractivity contribution is 0.474. The van der Waals surface area contributed by atoms with Gasteiger partial charge >= 0.3 is 0 Å². The van der Waals surface area contributed by atoms with Crippen LogP contribution in [0.2, 0.25) is 0 Å². The second-order valence-electron chi connectivity index (χ2n) is 5.05. The molecule has 0 amide bonds. The number of benzene rings is 1. The average molecular weight is 260 g/mol. The first-order valence-electron chi connectivity index (χ1n) is 6.50. The van der Waals surface area contributed by atoms with Crippen LogP contribution in [0.3, 0.4) is 0 Å². The summed E-state index contributed by atoms with van der Waals surface area (Å²) in [6.45, 7) is 6.60. The lowest BCUT2D eigenvalue weighted by atomic mass is 10.2. The van der Waals surface area contributed by atoms with Crippen LogP contribution < -0.4 is 5.32 Å². The Bertz CT molecular complexity index is 522. The molecular formula is C14H20N4O. The van der Waals surface area contributed by atoms with Crippen molar-refractivity contribution in [2.24, 2.45) is 5.92 Å². The SMILES string of the molecule is CC(C)CNCc1ncn(Cc2cccc(O)c2)n1. The fourth-order valence-corrected chi connectivity index (χ4v) is 1.80. The summed E-state index contributed by atoms with van der Waals surface area (Å²) in [4.78, 5) is 4.26. The summed E-state index contributed by atoms with van der Waals surface area (Å²) < 4.78 is 1.78. The monoisotopic (exact) mass is 260 g/mol. The Balaban J connectivity index is 1.90. The highest BCUT2D eigenvalue weighted by Crippen LogP contribution is 2.11. The molecule has 0 aliphatic heterocycles. The van der Waals surface area contributed by atoms with Gasteiger partial charge in [-0.25, -0.2) is 9.67 Å². The van der Waals surface area contributed by atoms with Crippen molar-refractivity contribution in [1.82, 2.24) is 20.1 Å². The van der Waals surface area contributed by atoms with Gasteiger partial charge in [-0.3, -0.25) is 0 Å². The van der Waals surface area contributed by atoms with E-state index in [4.69, 9.17) is 0 Å².